The number of para-hydroxylation sites is 1. The van der Waals surface area contributed by atoms with Crippen LogP contribution in [0.2, 0.25) is 5.02 Å². The van der Waals surface area contributed by atoms with Crippen LogP contribution >= 0.6 is 11.6 Å². The zero-order valence-electron chi connectivity index (χ0n) is 15.8. The van der Waals surface area contributed by atoms with Crippen molar-refractivity contribution in [2.45, 2.75) is 45.4 Å². The first kappa shape index (κ1) is 19.9. The summed E-state index contributed by atoms with van der Waals surface area (Å²) in [4.78, 5) is 12.9. The number of aliphatic hydroxyl groups excluding tert-OH is 1. The number of benzene rings is 2. The Kier molecular flexibility index (Phi) is 6.53. The van der Waals surface area contributed by atoms with Crippen molar-refractivity contribution >= 4 is 23.2 Å². The summed E-state index contributed by atoms with van der Waals surface area (Å²) in [6.07, 6.45) is 3.30. The van der Waals surface area contributed by atoms with Gasteiger partial charge < -0.3 is 10.4 Å². The van der Waals surface area contributed by atoms with Crippen molar-refractivity contribution in [3.63, 3.8) is 0 Å². The fourth-order valence-electron chi connectivity index (χ4n) is 3.98. The first-order valence-electron chi connectivity index (χ1n) is 9.63. The van der Waals surface area contributed by atoms with Crippen molar-refractivity contribution in [3.05, 3.63) is 64.7 Å². The molecular weight excluding hydrogens is 360 g/mol. The highest BCUT2D eigenvalue weighted by molar-refractivity contribution is 6.33. The normalized spacial score (nSPS) is 22.9. The highest BCUT2D eigenvalue weighted by Gasteiger charge is 2.39. The summed E-state index contributed by atoms with van der Waals surface area (Å²) in [5.74, 6) is -0.108. The van der Waals surface area contributed by atoms with Gasteiger partial charge in [0.05, 0.1) is 17.3 Å². The summed E-state index contributed by atoms with van der Waals surface area (Å²) in [7, 11) is 0. The van der Waals surface area contributed by atoms with Crippen LogP contribution in [0.3, 0.4) is 0 Å². The molecule has 1 fully saturated rings. The number of carbonyl (C=O) groups excluding carboxylic acids is 1. The average molecular weight is 388 g/mol. The Balaban J connectivity index is 1.83. The molecular formula is C22H28ClN2O2+. The number of rotatable bonds is 5. The van der Waals surface area contributed by atoms with Gasteiger partial charge in [0.15, 0.2) is 12.8 Å². The van der Waals surface area contributed by atoms with Gasteiger partial charge in [0.25, 0.3) is 5.91 Å². The van der Waals surface area contributed by atoms with Crippen molar-refractivity contribution in [1.29, 1.82) is 0 Å². The van der Waals surface area contributed by atoms with Gasteiger partial charge >= 0.3 is 0 Å². The monoisotopic (exact) mass is 387 g/mol. The first-order valence-corrected chi connectivity index (χ1v) is 10.0. The molecule has 0 spiro atoms. The van der Waals surface area contributed by atoms with Crippen LogP contribution in [0, 0.1) is 6.92 Å². The highest BCUT2D eigenvalue weighted by Crippen LogP contribution is 2.29. The molecule has 144 valence electrons. The minimum Gasteiger partial charge on any atom is -0.345 e. The standard InChI is InChI=1S/C22H27ClN2O2/c1-17-9-8-12-19(23)22(17)24-20(26)16-25(14-7-3-6-13-21(25)27)15-18-10-4-2-5-11-18/h2,4-5,8-12,21,27H,3,6-7,13-16H2,1H3/p+1. The van der Waals surface area contributed by atoms with Crippen LogP contribution in [0.1, 0.15) is 36.8 Å². The number of aryl methyl sites for hydroxylation is 1. The molecule has 2 atom stereocenters. The second-order valence-corrected chi connectivity index (χ2v) is 7.96. The maximum Gasteiger partial charge on any atom is 0.279 e. The summed E-state index contributed by atoms with van der Waals surface area (Å²) in [6.45, 7) is 3.61. The largest absolute Gasteiger partial charge is 0.345 e. The molecule has 0 radical (unpaired) electrons. The molecule has 27 heavy (non-hydrogen) atoms. The molecule has 5 heteroatoms. The van der Waals surface area contributed by atoms with Gasteiger partial charge in [0.2, 0.25) is 0 Å². The lowest BCUT2D eigenvalue weighted by atomic mass is 10.1. The Morgan fingerprint density at radius 3 is 2.67 bits per heavy atom. The molecule has 0 aliphatic carbocycles. The second-order valence-electron chi connectivity index (χ2n) is 7.55. The van der Waals surface area contributed by atoms with E-state index in [1.54, 1.807) is 6.07 Å². The van der Waals surface area contributed by atoms with E-state index in [1.807, 2.05) is 37.3 Å². The Labute approximate surface area is 166 Å². The first-order chi connectivity index (χ1) is 13.0. The summed E-state index contributed by atoms with van der Waals surface area (Å²) < 4.78 is 0.374. The van der Waals surface area contributed by atoms with Crippen LogP contribution in [0.5, 0.6) is 0 Å². The van der Waals surface area contributed by atoms with E-state index in [-0.39, 0.29) is 12.5 Å². The maximum absolute atomic E-state index is 12.9. The van der Waals surface area contributed by atoms with Crippen molar-refractivity contribution in [1.82, 2.24) is 0 Å². The lowest BCUT2D eigenvalue weighted by Crippen LogP contribution is -2.58. The summed E-state index contributed by atoms with van der Waals surface area (Å²) in [5, 5.41) is 14.5. The van der Waals surface area contributed by atoms with E-state index in [2.05, 4.69) is 17.4 Å². The molecule has 0 aromatic heterocycles. The molecule has 1 saturated heterocycles. The Morgan fingerprint density at radius 2 is 1.93 bits per heavy atom. The number of nitrogens with one attached hydrogen (secondary N) is 1. The van der Waals surface area contributed by atoms with Crippen LogP contribution in [0.15, 0.2) is 48.5 Å². The number of anilines is 1. The smallest absolute Gasteiger partial charge is 0.279 e. The molecule has 4 nitrogen and oxygen atoms in total. The molecule has 2 aromatic carbocycles. The number of halogens is 1. The van der Waals surface area contributed by atoms with Crippen molar-refractivity contribution in [3.8, 4) is 0 Å². The van der Waals surface area contributed by atoms with Crippen molar-refractivity contribution < 1.29 is 14.4 Å². The molecule has 3 rings (SSSR count). The van der Waals surface area contributed by atoms with E-state index >= 15 is 0 Å². The van der Waals surface area contributed by atoms with Crippen molar-refractivity contribution in [2.24, 2.45) is 0 Å². The summed E-state index contributed by atoms with van der Waals surface area (Å²) in [6, 6.07) is 15.7. The number of likely N-dealkylation sites (tertiary alicyclic amines) is 1. The predicted molar refractivity (Wildman–Crippen MR) is 109 cm³/mol. The van der Waals surface area contributed by atoms with E-state index in [4.69, 9.17) is 11.6 Å². The Morgan fingerprint density at radius 1 is 1.15 bits per heavy atom. The number of amides is 1. The number of carbonyl (C=O) groups is 1. The van der Waals surface area contributed by atoms with Gasteiger partial charge in [-0.3, -0.25) is 9.28 Å². The van der Waals surface area contributed by atoms with Crippen LogP contribution < -0.4 is 5.32 Å². The van der Waals surface area contributed by atoms with Gasteiger partial charge in [-0.1, -0.05) is 54.1 Å². The van der Waals surface area contributed by atoms with E-state index in [0.29, 0.717) is 21.7 Å². The SMILES string of the molecule is Cc1cccc(Cl)c1NC(=O)C[N+]1(Cc2ccccc2)CCCCCC1O. The zero-order valence-corrected chi connectivity index (χ0v) is 16.6. The molecule has 1 amide bonds. The van der Waals surface area contributed by atoms with Crippen LogP contribution in [0.4, 0.5) is 5.69 Å². The number of hydrogen-bond acceptors (Lipinski definition) is 2. The predicted octanol–water partition coefficient (Wildman–Crippen LogP) is 4.50. The van der Waals surface area contributed by atoms with E-state index in [1.165, 1.54) is 0 Å². The molecule has 0 saturated carbocycles. The Hall–Kier alpha value is -1.88. The van der Waals surface area contributed by atoms with Crippen LogP contribution in [-0.2, 0) is 11.3 Å². The topological polar surface area (TPSA) is 49.3 Å². The van der Waals surface area contributed by atoms with Gasteiger partial charge in [-0.25, -0.2) is 0 Å². The average Bonchev–Trinajstić information content (AvgIpc) is 2.81. The number of nitrogens with zero attached hydrogens (tertiary/aromatic N) is 1. The van der Waals surface area contributed by atoms with Gasteiger partial charge in [-0.05, 0) is 37.8 Å². The van der Waals surface area contributed by atoms with Gasteiger partial charge in [-0.15, -0.1) is 0 Å². The quantitative estimate of drug-likeness (QED) is 0.742. The number of hydrogen-bond donors (Lipinski definition) is 2. The zero-order chi connectivity index (χ0) is 19.3. The molecule has 0 bridgehead atoms. The lowest BCUT2D eigenvalue weighted by Gasteiger charge is -2.41. The third kappa shape index (κ3) is 4.89. The van der Waals surface area contributed by atoms with E-state index in [0.717, 1.165) is 43.4 Å². The molecule has 2 N–H and O–H groups in total. The van der Waals surface area contributed by atoms with Crippen LogP contribution in [-0.4, -0.2) is 34.8 Å². The third-order valence-electron chi connectivity index (χ3n) is 5.48. The van der Waals surface area contributed by atoms with Gasteiger partial charge in [0, 0.05) is 12.0 Å². The molecule has 1 aliphatic heterocycles. The summed E-state index contributed by atoms with van der Waals surface area (Å²) >= 11 is 6.27. The number of aliphatic hydroxyl groups is 1. The van der Waals surface area contributed by atoms with E-state index < -0.39 is 6.23 Å². The Bertz CT molecular complexity index is 761. The fourth-order valence-corrected chi connectivity index (χ4v) is 4.25. The minimum atomic E-state index is -0.536. The number of quaternary nitrogens is 1. The van der Waals surface area contributed by atoms with E-state index in [9.17, 15) is 9.90 Å². The van der Waals surface area contributed by atoms with Gasteiger partial charge in [-0.2, -0.15) is 0 Å². The minimum absolute atomic E-state index is 0.108. The molecule has 1 heterocycles. The maximum atomic E-state index is 12.9. The lowest BCUT2D eigenvalue weighted by molar-refractivity contribution is -0.975. The van der Waals surface area contributed by atoms with Crippen LogP contribution in [0.25, 0.3) is 0 Å². The third-order valence-corrected chi connectivity index (χ3v) is 5.80. The highest BCUT2D eigenvalue weighted by atomic mass is 35.5. The molecule has 2 aromatic rings. The van der Waals surface area contributed by atoms with Crippen molar-refractivity contribution in [2.75, 3.05) is 18.4 Å². The second kappa shape index (κ2) is 8.87. The molecule has 2 unspecified atom stereocenters. The van der Waals surface area contributed by atoms with Gasteiger partial charge in [0.1, 0.15) is 6.54 Å². The fraction of sp³-hybridized carbons (Fsp3) is 0.409. The molecule has 1 aliphatic rings. The summed E-state index contributed by atoms with van der Waals surface area (Å²) in [5.41, 5.74) is 2.73.